The van der Waals surface area contributed by atoms with E-state index in [-0.39, 0.29) is 18.3 Å². The van der Waals surface area contributed by atoms with Crippen LogP contribution in [0.25, 0.3) is 0 Å². The number of ketones is 2. The number of methoxy groups -OCH3 is 2. The molecule has 0 radical (unpaired) electrons. The molecule has 5 nitrogen and oxygen atoms in total. The topological polar surface area (TPSA) is 61.8 Å². The molecule has 5 heteroatoms. The van der Waals surface area contributed by atoms with E-state index >= 15 is 0 Å². The van der Waals surface area contributed by atoms with Gasteiger partial charge >= 0.3 is 0 Å². The van der Waals surface area contributed by atoms with Crippen molar-refractivity contribution < 1.29 is 23.8 Å². The quantitative estimate of drug-likeness (QED) is 0.476. The molecule has 0 bridgehead atoms. The molecule has 14 heavy (non-hydrogen) atoms. The van der Waals surface area contributed by atoms with E-state index in [9.17, 15) is 9.59 Å². The fourth-order valence-corrected chi connectivity index (χ4v) is 0.917. The minimum Gasteiger partial charge on any atom is -0.493 e. The number of carbonyl (C=O) groups excluding carboxylic acids is 2. The molecule has 76 valence electrons. The average Bonchev–Trinajstić information content (AvgIpc) is 2.18. The molecule has 0 spiro atoms. The van der Waals surface area contributed by atoms with Gasteiger partial charge in [-0.2, -0.15) is 0 Å². The Bertz CT molecular complexity index is 313. The van der Waals surface area contributed by atoms with Crippen LogP contribution in [-0.4, -0.2) is 32.6 Å². The molecule has 0 unspecified atom stereocenters. The average molecular weight is 198 g/mol. The number of carbonyl (C=O) groups is 2. The van der Waals surface area contributed by atoms with E-state index < -0.39 is 11.6 Å². The van der Waals surface area contributed by atoms with Gasteiger partial charge in [-0.3, -0.25) is 9.59 Å². The standard InChI is InChI=1S/C9H10O5/c1-12-5-14-9-4-6(10)8(13-2)3-7(9)11/h3-4H,5H2,1-2H3. The molecular weight excluding hydrogens is 188 g/mol. The molecule has 0 saturated heterocycles. The number of ether oxygens (including phenoxy) is 3. The second kappa shape index (κ2) is 4.57. The lowest BCUT2D eigenvalue weighted by atomic mass is 10.1. The van der Waals surface area contributed by atoms with Gasteiger partial charge in [-0.15, -0.1) is 0 Å². The van der Waals surface area contributed by atoms with Gasteiger partial charge in [-0.1, -0.05) is 0 Å². The zero-order valence-corrected chi connectivity index (χ0v) is 7.90. The van der Waals surface area contributed by atoms with Crippen molar-refractivity contribution in [3.05, 3.63) is 23.7 Å². The Morgan fingerprint density at radius 3 is 2.21 bits per heavy atom. The van der Waals surface area contributed by atoms with E-state index in [0.29, 0.717) is 0 Å². The van der Waals surface area contributed by atoms with E-state index in [2.05, 4.69) is 9.47 Å². The summed E-state index contributed by atoms with van der Waals surface area (Å²) in [6.07, 6.45) is 2.17. The van der Waals surface area contributed by atoms with Crippen molar-refractivity contribution in [2.45, 2.75) is 0 Å². The SMILES string of the molecule is COCOC1=CC(=O)C(OC)=CC1=O. The summed E-state index contributed by atoms with van der Waals surface area (Å²) >= 11 is 0. The molecule has 0 heterocycles. The zero-order valence-electron chi connectivity index (χ0n) is 7.90. The van der Waals surface area contributed by atoms with Crippen molar-refractivity contribution in [3.8, 4) is 0 Å². The van der Waals surface area contributed by atoms with Crippen molar-refractivity contribution in [2.24, 2.45) is 0 Å². The summed E-state index contributed by atoms with van der Waals surface area (Å²) in [7, 11) is 2.75. The van der Waals surface area contributed by atoms with Crippen LogP contribution < -0.4 is 0 Å². The van der Waals surface area contributed by atoms with E-state index in [4.69, 9.17) is 4.74 Å². The lowest BCUT2D eigenvalue weighted by molar-refractivity contribution is -0.121. The van der Waals surface area contributed by atoms with Gasteiger partial charge in [0.15, 0.2) is 18.3 Å². The first-order valence-electron chi connectivity index (χ1n) is 3.87. The summed E-state index contributed by atoms with van der Waals surface area (Å²) in [6.45, 7) is -0.0684. The van der Waals surface area contributed by atoms with E-state index in [1.807, 2.05) is 0 Å². The summed E-state index contributed by atoms with van der Waals surface area (Å²) in [5.74, 6) is -0.811. The molecule has 1 aliphatic carbocycles. The van der Waals surface area contributed by atoms with E-state index in [1.165, 1.54) is 14.2 Å². The molecule has 0 aromatic carbocycles. The molecule has 0 fully saturated rings. The normalized spacial score (nSPS) is 16.1. The van der Waals surface area contributed by atoms with Crippen molar-refractivity contribution in [1.29, 1.82) is 0 Å². The summed E-state index contributed by atoms with van der Waals surface area (Å²) in [5.41, 5.74) is 0. The number of allylic oxidation sites excluding steroid dienone is 2. The Hall–Kier alpha value is -1.62. The molecule has 0 atom stereocenters. The summed E-state index contributed by atoms with van der Waals surface area (Å²) in [5, 5.41) is 0. The van der Waals surface area contributed by atoms with Crippen LogP contribution in [0.1, 0.15) is 0 Å². The summed E-state index contributed by atoms with van der Waals surface area (Å²) < 4.78 is 14.2. The van der Waals surface area contributed by atoms with Crippen LogP contribution in [0.2, 0.25) is 0 Å². The van der Waals surface area contributed by atoms with Crippen molar-refractivity contribution in [3.63, 3.8) is 0 Å². The van der Waals surface area contributed by atoms with Crippen molar-refractivity contribution in [2.75, 3.05) is 21.0 Å². The van der Waals surface area contributed by atoms with E-state index in [1.54, 1.807) is 0 Å². The van der Waals surface area contributed by atoms with Crippen LogP contribution in [-0.2, 0) is 23.8 Å². The highest BCUT2D eigenvalue weighted by molar-refractivity contribution is 6.18. The summed E-state index contributed by atoms with van der Waals surface area (Å²) in [4.78, 5) is 22.5. The Morgan fingerprint density at radius 1 is 1.07 bits per heavy atom. The Kier molecular flexibility index (Phi) is 3.41. The van der Waals surface area contributed by atoms with Crippen LogP contribution in [0.3, 0.4) is 0 Å². The van der Waals surface area contributed by atoms with Gasteiger partial charge in [-0.05, 0) is 0 Å². The fraction of sp³-hybridized carbons (Fsp3) is 0.333. The second-order valence-corrected chi connectivity index (χ2v) is 2.50. The third-order valence-electron chi connectivity index (χ3n) is 1.56. The van der Waals surface area contributed by atoms with Gasteiger partial charge in [-0.25, -0.2) is 0 Å². The monoisotopic (exact) mass is 198 g/mol. The van der Waals surface area contributed by atoms with Gasteiger partial charge in [0, 0.05) is 19.3 Å². The van der Waals surface area contributed by atoms with Crippen molar-refractivity contribution in [1.82, 2.24) is 0 Å². The van der Waals surface area contributed by atoms with Crippen LogP contribution in [0, 0.1) is 0 Å². The fourth-order valence-electron chi connectivity index (χ4n) is 0.917. The highest BCUT2D eigenvalue weighted by atomic mass is 16.7. The maximum absolute atomic E-state index is 11.3. The maximum Gasteiger partial charge on any atom is 0.224 e. The van der Waals surface area contributed by atoms with Gasteiger partial charge in [0.25, 0.3) is 0 Å². The third kappa shape index (κ3) is 2.20. The first-order chi connectivity index (χ1) is 6.69. The molecule has 1 rings (SSSR count). The Morgan fingerprint density at radius 2 is 1.64 bits per heavy atom. The first-order valence-corrected chi connectivity index (χ1v) is 3.87. The summed E-state index contributed by atoms with van der Waals surface area (Å²) in [6, 6.07) is 0. The van der Waals surface area contributed by atoms with Crippen LogP contribution in [0.5, 0.6) is 0 Å². The predicted molar refractivity (Wildman–Crippen MR) is 46.2 cm³/mol. The smallest absolute Gasteiger partial charge is 0.224 e. The van der Waals surface area contributed by atoms with Crippen LogP contribution in [0.15, 0.2) is 23.7 Å². The molecule has 1 aliphatic rings. The van der Waals surface area contributed by atoms with Crippen LogP contribution >= 0.6 is 0 Å². The highest BCUT2D eigenvalue weighted by Crippen LogP contribution is 2.12. The minimum atomic E-state index is -0.404. The number of rotatable bonds is 4. The molecule has 0 aromatic heterocycles. The molecule has 0 saturated carbocycles. The number of hydrogen-bond donors (Lipinski definition) is 0. The lowest BCUT2D eigenvalue weighted by Gasteiger charge is -2.11. The predicted octanol–water partition coefficient (Wildman–Crippen LogP) is 0.173. The Labute approximate surface area is 80.9 Å². The van der Waals surface area contributed by atoms with Gasteiger partial charge in [0.05, 0.1) is 7.11 Å². The maximum atomic E-state index is 11.3. The highest BCUT2D eigenvalue weighted by Gasteiger charge is 2.21. The van der Waals surface area contributed by atoms with Gasteiger partial charge in [0.2, 0.25) is 11.6 Å². The zero-order chi connectivity index (χ0) is 10.6. The molecule has 0 aliphatic heterocycles. The second-order valence-electron chi connectivity index (χ2n) is 2.50. The molecule has 0 N–H and O–H groups in total. The lowest BCUT2D eigenvalue weighted by Crippen LogP contribution is -2.16. The first kappa shape index (κ1) is 10.5. The number of hydrogen-bond acceptors (Lipinski definition) is 5. The molecule has 0 aromatic rings. The third-order valence-corrected chi connectivity index (χ3v) is 1.56. The Balaban J connectivity index is 2.73. The molecular formula is C9H10O5. The van der Waals surface area contributed by atoms with Gasteiger partial charge in [0.1, 0.15) is 0 Å². The largest absolute Gasteiger partial charge is 0.493 e. The van der Waals surface area contributed by atoms with Gasteiger partial charge < -0.3 is 14.2 Å². The van der Waals surface area contributed by atoms with Crippen LogP contribution in [0.4, 0.5) is 0 Å². The minimum absolute atomic E-state index is 0.0137. The van der Waals surface area contributed by atoms with E-state index in [0.717, 1.165) is 12.2 Å². The molecule has 0 amide bonds. The van der Waals surface area contributed by atoms with Crippen molar-refractivity contribution >= 4 is 11.6 Å².